The summed E-state index contributed by atoms with van der Waals surface area (Å²) in [6, 6.07) is 0. The van der Waals surface area contributed by atoms with E-state index in [2.05, 4.69) is 39.6 Å². The van der Waals surface area contributed by atoms with Crippen molar-refractivity contribution in [3.63, 3.8) is 0 Å². The van der Waals surface area contributed by atoms with Crippen LogP contribution in [0.1, 0.15) is 59.8 Å². The fourth-order valence-corrected chi connectivity index (χ4v) is 3.09. The van der Waals surface area contributed by atoms with Crippen LogP contribution in [0.25, 0.3) is 0 Å². The molecule has 1 fully saturated rings. The summed E-state index contributed by atoms with van der Waals surface area (Å²) in [7, 11) is 2.21. The van der Waals surface area contributed by atoms with Crippen molar-refractivity contribution in [3.8, 4) is 0 Å². The first-order chi connectivity index (χ1) is 8.83. The molecule has 3 nitrogen and oxygen atoms in total. The standard InChI is InChI=1S/C16H34N2O/c1-6-14-7-9-16(13-17,10-8-14)18(5)11-12-19-15(2,3)4/h14H,6-13,17H2,1-5H3. The van der Waals surface area contributed by atoms with Crippen molar-refractivity contribution < 1.29 is 4.74 Å². The third-order valence-electron chi connectivity index (χ3n) is 4.76. The number of likely N-dealkylation sites (N-methyl/N-ethyl adjacent to an activating group) is 1. The predicted molar refractivity (Wildman–Crippen MR) is 82.4 cm³/mol. The maximum Gasteiger partial charge on any atom is 0.0600 e. The van der Waals surface area contributed by atoms with Crippen LogP contribution in [0.15, 0.2) is 0 Å². The summed E-state index contributed by atoms with van der Waals surface area (Å²) in [5, 5.41) is 0. The van der Waals surface area contributed by atoms with Gasteiger partial charge in [0.2, 0.25) is 0 Å². The summed E-state index contributed by atoms with van der Waals surface area (Å²) in [6.07, 6.45) is 6.47. The summed E-state index contributed by atoms with van der Waals surface area (Å²) in [5.74, 6) is 0.916. The maximum absolute atomic E-state index is 6.10. The molecule has 0 aromatic heterocycles. The van der Waals surface area contributed by atoms with E-state index < -0.39 is 0 Å². The first-order valence-corrected chi connectivity index (χ1v) is 7.88. The van der Waals surface area contributed by atoms with Crippen LogP contribution in [0.5, 0.6) is 0 Å². The molecule has 0 spiro atoms. The highest BCUT2D eigenvalue weighted by Crippen LogP contribution is 2.36. The summed E-state index contributed by atoms with van der Waals surface area (Å²) in [4.78, 5) is 2.45. The van der Waals surface area contributed by atoms with Crippen molar-refractivity contribution in [2.45, 2.75) is 70.9 Å². The van der Waals surface area contributed by atoms with Crippen LogP contribution >= 0.6 is 0 Å². The molecule has 0 saturated heterocycles. The van der Waals surface area contributed by atoms with Gasteiger partial charge in [0.05, 0.1) is 12.2 Å². The molecular weight excluding hydrogens is 236 g/mol. The second-order valence-corrected chi connectivity index (χ2v) is 7.16. The molecule has 1 aliphatic carbocycles. The first kappa shape index (κ1) is 16.9. The van der Waals surface area contributed by atoms with Crippen LogP contribution in [0.3, 0.4) is 0 Å². The van der Waals surface area contributed by atoms with Gasteiger partial charge in [-0.2, -0.15) is 0 Å². The summed E-state index contributed by atoms with van der Waals surface area (Å²) >= 11 is 0. The van der Waals surface area contributed by atoms with E-state index in [9.17, 15) is 0 Å². The Morgan fingerprint density at radius 1 is 1.26 bits per heavy atom. The second kappa shape index (κ2) is 7.05. The number of hydrogen-bond donors (Lipinski definition) is 1. The Labute approximate surface area is 119 Å². The zero-order valence-electron chi connectivity index (χ0n) is 13.7. The van der Waals surface area contributed by atoms with E-state index in [-0.39, 0.29) is 11.1 Å². The highest BCUT2D eigenvalue weighted by Gasteiger charge is 2.36. The van der Waals surface area contributed by atoms with Crippen LogP contribution in [-0.4, -0.2) is 42.8 Å². The molecule has 1 rings (SSSR count). The molecular formula is C16H34N2O. The lowest BCUT2D eigenvalue weighted by Crippen LogP contribution is -2.55. The van der Waals surface area contributed by atoms with Crippen LogP contribution in [0.2, 0.25) is 0 Å². The van der Waals surface area contributed by atoms with Crippen LogP contribution in [-0.2, 0) is 4.74 Å². The van der Waals surface area contributed by atoms with Gasteiger partial charge in [-0.25, -0.2) is 0 Å². The molecule has 0 unspecified atom stereocenters. The average molecular weight is 270 g/mol. The van der Waals surface area contributed by atoms with Gasteiger partial charge in [-0.15, -0.1) is 0 Å². The van der Waals surface area contributed by atoms with Gasteiger partial charge in [0.15, 0.2) is 0 Å². The van der Waals surface area contributed by atoms with E-state index in [1.807, 2.05) is 0 Å². The SMILES string of the molecule is CCC1CCC(CN)(N(C)CCOC(C)(C)C)CC1. The Morgan fingerprint density at radius 3 is 2.26 bits per heavy atom. The molecule has 0 aromatic rings. The molecule has 1 saturated carbocycles. The van der Waals surface area contributed by atoms with E-state index in [1.165, 1.54) is 32.1 Å². The highest BCUT2D eigenvalue weighted by molar-refractivity contribution is 4.94. The molecule has 0 amide bonds. The summed E-state index contributed by atoms with van der Waals surface area (Å²) in [5.41, 5.74) is 6.27. The Morgan fingerprint density at radius 2 is 1.84 bits per heavy atom. The lowest BCUT2D eigenvalue weighted by Gasteiger charge is -2.46. The fourth-order valence-electron chi connectivity index (χ4n) is 3.09. The predicted octanol–water partition coefficient (Wildman–Crippen LogP) is 3.03. The summed E-state index contributed by atoms with van der Waals surface area (Å²) < 4.78 is 5.84. The largest absolute Gasteiger partial charge is 0.375 e. The number of rotatable bonds is 6. The zero-order valence-corrected chi connectivity index (χ0v) is 13.7. The molecule has 0 bridgehead atoms. The van der Waals surface area contributed by atoms with Crippen LogP contribution < -0.4 is 5.73 Å². The lowest BCUT2D eigenvalue weighted by molar-refractivity contribution is -0.0299. The lowest BCUT2D eigenvalue weighted by atomic mass is 9.75. The first-order valence-electron chi connectivity index (χ1n) is 7.88. The van der Waals surface area contributed by atoms with Gasteiger partial charge in [0.25, 0.3) is 0 Å². The van der Waals surface area contributed by atoms with Gasteiger partial charge in [0.1, 0.15) is 0 Å². The van der Waals surface area contributed by atoms with Gasteiger partial charge >= 0.3 is 0 Å². The minimum atomic E-state index is -0.0451. The molecule has 0 aromatic carbocycles. The molecule has 19 heavy (non-hydrogen) atoms. The average Bonchev–Trinajstić information content (AvgIpc) is 2.37. The molecule has 0 atom stereocenters. The molecule has 0 radical (unpaired) electrons. The van der Waals surface area contributed by atoms with Crippen molar-refractivity contribution in [1.82, 2.24) is 4.90 Å². The number of hydrogen-bond acceptors (Lipinski definition) is 3. The molecule has 0 heterocycles. The van der Waals surface area contributed by atoms with E-state index >= 15 is 0 Å². The van der Waals surface area contributed by atoms with Gasteiger partial charge in [-0.3, -0.25) is 4.90 Å². The third kappa shape index (κ3) is 5.05. The Hall–Kier alpha value is -0.120. The number of ether oxygens (including phenoxy) is 1. The molecule has 0 aliphatic heterocycles. The van der Waals surface area contributed by atoms with Gasteiger partial charge in [0, 0.05) is 18.6 Å². The molecule has 2 N–H and O–H groups in total. The van der Waals surface area contributed by atoms with Crippen molar-refractivity contribution >= 4 is 0 Å². The maximum atomic E-state index is 6.10. The molecule has 1 aliphatic rings. The Kier molecular flexibility index (Phi) is 6.28. The summed E-state index contributed by atoms with van der Waals surface area (Å²) in [6.45, 7) is 11.2. The van der Waals surface area contributed by atoms with Gasteiger partial charge < -0.3 is 10.5 Å². The van der Waals surface area contributed by atoms with Crippen LogP contribution in [0, 0.1) is 5.92 Å². The van der Waals surface area contributed by atoms with Gasteiger partial charge in [-0.1, -0.05) is 13.3 Å². The molecule has 114 valence electrons. The van der Waals surface area contributed by atoms with E-state index in [1.54, 1.807) is 0 Å². The fraction of sp³-hybridized carbons (Fsp3) is 1.00. The Bertz CT molecular complexity index is 252. The quantitative estimate of drug-likeness (QED) is 0.806. The van der Waals surface area contributed by atoms with E-state index in [0.29, 0.717) is 0 Å². The van der Waals surface area contributed by atoms with E-state index in [0.717, 1.165) is 25.6 Å². The topological polar surface area (TPSA) is 38.5 Å². The van der Waals surface area contributed by atoms with Crippen molar-refractivity contribution in [2.75, 3.05) is 26.7 Å². The van der Waals surface area contributed by atoms with Gasteiger partial charge in [-0.05, 0) is 59.4 Å². The van der Waals surface area contributed by atoms with Crippen molar-refractivity contribution in [2.24, 2.45) is 11.7 Å². The Balaban J connectivity index is 2.45. The third-order valence-corrected chi connectivity index (χ3v) is 4.76. The van der Waals surface area contributed by atoms with Crippen molar-refractivity contribution in [3.05, 3.63) is 0 Å². The second-order valence-electron chi connectivity index (χ2n) is 7.16. The number of nitrogens with zero attached hydrogens (tertiary/aromatic N) is 1. The minimum absolute atomic E-state index is 0.0451. The molecule has 3 heteroatoms. The number of nitrogens with two attached hydrogens (primary N) is 1. The van der Waals surface area contributed by atoms with E-state index in [4.69, 9.17) is 10.5 Å². The van der Waals surface area contributed by atoms with Crippen molar-refractivity contribution in [1.29, 1.82) is 0 Å². The van der Waals surface area contributed by atoms with Crippen LogP contribution in [0.4, 0.5) is 0 Å². The monoisotopic (exact) mass is 270 g/mol. The minimum Gasteiger partial charge on any atom is -0.375 e. The highest BCUT2D eigenvalue weighted by atomic mass is 16.5. The smallest absolute Gasteiger partial charge is 0.0600 e. The zero-order chi connectivity index (χ0) is 14.5. The normalized spacial score (nSPS) is 28.9.